The SMILES string of the molecule is NC(=O)c1ccc(OCCNC[C@@H](O)COc2cccc(Cl)c2)cc1. The Kier molecular flexibility index (Phi) is 7.53. The van der Waals surface area contributed by atoms with Crippen LogP contribution in [0, 0.1) is 0 Å². The number of aliphatic hydroxyl groups excluding tert-OH is 1. The Morgan fingerprint density at radius 2 is 1.92 bits per heavy atom. The van der Waals surface area contributed by atoms with Gasteiger partial charge in [0.05, 0.1) is 0 Å². The van der Waals surface area contributed by atoms with Gasteiger partial charge in [0.2, 0.25) is 5.91 Å². The van der Waals surface area contributed by atoms with Gasteiger partial charge in [-0.25, -0.2) is 0 Å². The summed E-state index contributed by atoms with van der Waals surface area (Å²) < 4.78 is 11.0. The summed E-state index contributed by atoms with van der Waals surface area (Å²) in [6.45, 7) is 1.54. The average Bonchev–Trinajstić information content (AvgIpc) is 2.60. The molecule has 134 valence electrons. The number of amides is 1. The molecule has 1 atom stereocenters. The van der Waals surface area contributed by atoms with Gasteiger partial charge in [0.1, 0.15) is 30.8 Å². The fourth-order valence-corrected chi connectivity index (χ4v) is 2.21. The van der Waals surface area contributed by atoms with Crippen molar-refractivity contribution in [2.75, 3.05) is 26.3 Å². The summed E-state index contributed by atoms with van der Waals surface area (Å²) in [4.78, 5) is 11.0. The van der Waals surface area contributed by atoms with Crippen molar-refractivity contribution < 1.29 is 19.4 Å². The second-order valence-electron chi connectivity index (χ2n) is 5.36. The third-order valence-electron chi connectivity index (χ3n) is 3.30. The molecule has 2 aromatic carbocycles. The highest BCUT2D eigenvalue weighted by Crippen LogP contribution is 2.17. The lowest BCUT2D eigenvalue weighted by Crippen LogP contribution is -2.33. The van der Waals surface area contributed by atoms with Gasteiger partial charge in [-0.2, -0.15) is 0 Å². The number of hydrogen-bond acceptors (Lipinski definition) is 5. The van der Waals surface area contributed by atoms with Crippen LogP contribution < -0.4 is 20.5 Å². The molecule has 25 heavy (non-hydrogen) atoms. The molecule has 0 unspecified atom stereocenters. The van der Waals surface area contributed by atoms with Gasteiger partial charge >= 0.3 is 0 Å². The summed E-state index contributed by atoms with van der Waals surface area (Å²) in [5.41, 5.74) is 5.61. The fraction of sp³-hybridized carbons (Fsp3) is 0.278. The summed E-state index contributed by atoms with van der Waals surface area (Å²) in [5.74, 6) is 0.799. The van der Waals surface area contributed by atoms with Crippen molar-refractivity contribution in [3.8, 4) is 11.5 Å². The molecule has 7 heteroatoms. The molecule has 4 N–H and O–H groups in total. The molecule has 0 aromatic heterocycles. The Labute approximate surface area is 151 Å². The number of hydrogen-bond donors (Lipinski definition) is 3. The summed E-state index contributed by atoms with van der Waals surface area (Å²) >= 11 is 5.86. The maximum atomic E-state index is 11.0. The van der Waals surface area contributed by atoms with Gasteiger partial charge in [0, 0.05) is 23.7 Å². The molecule has 0 saturated carbocycles. The number of rotatable bonds is 10. The zero-order valence-electron chi connectivity index (χ0n) is 13.7. The summed E-state index contributed by atoms with van der Waals surface area (Å²) in [7, 11) is 0. The molecule has 0 radical (unpaired) electrons. The second-order valence-corrected chi connectivity index (χ2v) is 5.80. The lowest BCUT2D eigenvalue weighted by atomic mass is 10.2. The third-order valence-corrected chi connectivity index (χ3v) is 3.54. The maximum Gasteiger partial charge on any atom is 0.248 e. The van der Waals surface area contributed by atoms with E-state index in [1.165, 1.54) is 0 Å². The molecule has 6 nitrogen and oxygen atoms in total. The standard InChI is InChI=1S/C18H21ClN2O4/c19-14-2-1-3-17(10-14)25-12-15(22)11-21-8-9-24-16-6-4-13(5-7-16)18(20)23/h1-7,10,15,21-22H,8-9,11-12H2,(H2,20,23)/t15-/m1/s1. The molecule has 0 heterocycles. The van der Waals surface area contributed by atoms with E-state index in [2.05, 4.69) is 5.32 Å². The van der Waals surface area contributed by atoms with Gasteiger partial charge in [-0.3, -0.25) is 4.79 Å². The molecule has 0 saturated heterocycles. The first kappa shape index (κ1) is 19.1. The van der Waals surface area contributed by atoms with E-state index in [9.17, 15) is 9.90 Å². The van der Waals surface area contributed by atoms with Crippen LogP contribution in [0.3, 0.4) is 0 Å². The van der Waals surface area contributed by atoms with Crippen LogP contribution in [0.15, 0.2) is 48.5 Å². The molecule has 2 rings (SSSR count). The van der Waals surface area contributed by atoms with Gasteiger partial charge in [-0.05, 0) is 42.5 Å². The molecule has 0 aliphatic heterocycles. The number of benzene rings is 2. The zero-order valence-corrected chi connectivity index (χ0v) is 14.4. The van der Waals surface area contributed by atoms with E-state index < -0.39 is 12.0 Å². The monoisotopic (exact) mass is 364 g/mol. The first-order valence-corrected chi connectivity index (χ1v) is 8.22. The molecule has 2 aromatic rings. The number of carbonyl (C=O) groups is 1. The largest absolute Gasteiger partial charge is 0.492 e. The van der Waals surface area contributed by atoms with E-state index in [-0.39, 0.29) is 6.61 Å². The van der Waals surface area contributed by atoms with E-state index in [0.29, 0.717) is 41.8 Å². The van der Waals surface area contributed by atoms with Crippen LogP contribution in [0.4, 0.5) is 0 Å². The number of primary amides is 1. The van der Waals surface area contributed by atoms with Crippen molar-refractivity contribution in [2.45, 2.75) is 6.10 Å². The molecular formula is C18H21ClN2O4. The Hall–Kier alpha value is -2.28. The maximum absolute atomic E-state index is 11.0. The van der Waals surface area contributed by atoms with E-state index in [1.54, 1.807) is 48.5 Å². The van der Waals surface area contributed by atoms with Crippen molar-refractivity contribution in [2.24, 2.45) is 5.73 Å². The number of ether oxygens (including phenoxy) is 2. The Morgan fingerprint density at radius 1 is 1.16 bits per heavy atom. The molecule has 1 amide bonds. The Bertz CT molecular complexity index is 679. The minimum absolute atomic E-state index is 0.169. The highest BCUT2D eigenvalue weighted by atomic mass is 35.5. The minimum atomic E-state index is -0.645. The lowest BCUT2D eigenvalue weighted by Gasteiger charge is -2.14. The first-order chi connectivity index (χ1) is 12.0. The first-order valence-electron chi connectivity index (χ1n) is 7.84. The van der Waals surface area contributed by atoms with Gasteiger partial charge in [-0.1, -0.05) is 17.7 Å². The highest BCUT2D eigenvalue weighted by Gasteiger charge is 2.05. The fourth-order valence-electron chi connectivity index (χ4n) is 2.03. The van der Waals surface area contributed by atoms with Crippen LogP contribution in [0.5, 0.6) is 11.5 Å². The second kappa shape index (κ2) is 9.88. The van der Waals surface area contributed by atoms with E-state index >= 15 is 0 Å². The van der Waals surface area contributed by atoms with Gasteiger partial charge in [0.25, 0.3) is 0 Å². The van der Waals surface area contributed by atoms with Crippen LogP contribution >= 0.6 is 11.6 Å². The predicted molar refractivity (Wildman–Crippen MR) is 96.3 cm³/mol. The van der Waals surface area contributed by atoms with Crippen LogP contribution in [-0.2, 0) is 0 Å². The quantitative estimate of drug-likeness (QED) is 0.559. The van der Waals surface area contributed by atoms with Gasteiger partial charge in [0.15, 0.2) is 0 Å². The number of nitrogens with two attached hydrogens (primary N) is 1. The van der Waals surface area contributed by atoms with E-state index in [4.69, 9.17) is 26.8 Å². The van der Waals surface area contributed by atoms with Gasteiger partial charge < -0.3 is 25.6 Å². The third kappa shape index (κ3) is 7.01. The number of carbonyl (C=O) groups excluding carboxylic acids is 1. The van der Waals surface area contributed by atoms with E-state index in [1.807, 2.05) is 0 Å². The molecule has 0 aliphatic carbocycles. The summed E-state index contributed by atoms with van der Waals surface area (Å²) in [5, 5.41) is 13.5. The van der Waals surface area contributed by atoms with Crippen molar-refractivity contribution >= 4 is 17.5 Å². The van der Waals surface area contributed by atoms with Crippen molar-refractivity contribution in [3.05, 3.63) is 59.1 Å². The Balaban J connectivity index is 1.58. The molecule has 0 aliphatic rings. The van der Waals surface area contributed by atoms with Crippen molar-refractivity contribution in [3.63, 3.8) is 0 Å². The lowest BCUT2D eigenvalue weighted by molar-refractivity contribution is 0.1000. The average molecular weight is 365 g/mol. The smallest absolute Gasteiger partial charge is 0.248 e. The van der Waals surface area contributed by atoms with Crippen molar-refractivity contribution in [1.29, 1.82) is 0 Å². The molecular weight excluding hydrogens is 344 g/mol. The topological polar surface area (TPSA) is 93.8 Å². The van der Waals surface area contributed by atoms with Crippen LogP contribution in [0.1, 0.15) is 10.4 Å². The Morgan fingerprint density at radius 3 is 2.60 bits per heavy atom. The molecule has 0 bridgehead atoms. The van der Waals surface area contributed by atoms with Crippen LogP contribution in [0.25, 0.3) is 0 Å². The zero-order chi connectivity index (χ0) is 18.1. The number of aliphatic hydroxyl groups is 1. The number of nitrogens with one attached hydrogen (secondary N) is 1. The normalized spacial score (nSPS) is 11.8. The number of halogens is 1. The minimum Gasteiger partial charge on any atom is -0.492 e. The van der Waals surface area contributed by atoms with Gasteiger partial charge in [-0.15, -0.1) is 0 Å². The van der Waals surface area contributed by atoms with Crippen LogP contribution in [0.2, 0.25) is 5.02 Å². The summed E-state index contributed by atoms with van der Waals surface area (Å²) in [6.07, 6.45) is -0.645. The van der Waals surface area contributed by atoms with Crippen LogP contribution in [-0.4, -0.2) is 43.4 Å². The molecule has 0 spiro atoms. The van der Waals surface area contributed by atoms with E-state index in [0.717, 1.165) is 0 Å². The summed E-state index contributed by atoms with van der Waals surface area (Å²) in [6, 6.07) is 13.6. The predicted octanol–water partition coefficient (Wildman–Crippen LogP) is 1.85. The molecule has 0 fully saturated rings. The highest BCUT2D eigenvalue weighted by molar-refractivity contribution is 6.30. The van der Waals surface area contributed by atoms with Crippen molar-refractivity contribution in [1.82, 2.24) is 5.32 Å².